The van der Waals surface area contributed by atoms with Crippen LogP contribution in [0.5, 0.6) is 0 Å². The highest BCUT2D eigenvalue weighted by molar-refractivity contribution is 5.92. The lowest BCUT2D eigenvalue weighted by Crippen LogP contribution is -2.50. The number of pyridine rings is 1. The molecule has 0 unspecified atom stereocenters. The Morgan fingerprint density at radius 3 is 2.79 bits per heavy atom. The third-order valence-electron chi connectivity index (χ3n) is 5.15. The van der Waals surface area contributed by atoms with E-state index in [9.17, 15) is 9.59 Å². The molecule has 3 rings (SSSR count). The Balaban J connectivity index is 1.51. The van der Waals surface area contributed by atoms with Gasteiger partial charge in [0.25, 0.3) is 5.91 Å². The van der Waals surface area contributed by atoms with Crippen LogP contribution in [0.15, 0.2) is 41.4 Å². The van der Waals surface area contributed by atoms with E-state index < -0.39 is 0 Å². The van der Waals surface area contributed by atoms with E-state index in [1.165, 1.54) is 12.3 Å². The van der Waals surface area contributed by atoms with E-state index >= 15 is 0 Å². The fourth-order valence-electron chi connectivity index (χ4n) is 3.58. The molecule has 2 heterocycles. The summed E-state index contributed by atoms with van der Waals surface area (Å²) in [6.45, 7) is 3.22. The molecule has 0 spiro atoms. The van der Waals surface area contributed by atoms with Crippen LogP contribution in [-0.2, 0) is 16.0 Å². The van der Waals surface area contributed by atoms with Gasteiger partial charge in [0.1, 0.15) is 6.26 Å². The minimum atomic E-state index is -0.283. The first-order chi connectivity index (χ1) is 14.2. The van der Waals surface area contributed by atoms with E-state index in [1.54, 1.807) is 12.4 Å². The molecule has 2 aromatic heterocycles. The van der Waals surface area contributed by atoms with Crippen molar-refractivity contribution in [1.29, 1.82) is 0 Å². The number of carbonyl (C=O) groups is 2. The molecule has 0 radical (unpaired) electrons. The van der Waals surface area contributed by atoms with Gasteiger partial charge in [0.2, 0.25) is 5.91 Å². The summed E-state index contributed by atoms with van der Waals surface area (Å²) in [4.78, 5) is 28.9. The number of amides is 2. The zero-order valence-corrected chi connectivity index (χ0v) is 16.7. The Labute approximate surface area is 170 Å². The summed E-state index contributed by atoms with van der Waals surface area (Å²) in [6.07, 6.45) is 8.30. The quantitative estimate of drug-likeness (QED) is 0.668. The molecule has 1 aliphatic rings. The Morgan fingerprint density at radius 2 is 2.07 bits per heavy atom. The predicted octanol–water partition coefficient (Wildman–Crippen LogP) is 2.12. The molecule has 1 saturated carbocycles. The minimum absolute atomic E-state index is 0.0467. The monoisotopic (exact) mass is 400 g/mol. The van der Waals surface area contributed by atoms with Crippen molar-refractivity contribution in [3.63, 3.8) is 0 Å². The summed E-state index contributed by atoms with van der Waals surface area (Å²) in [5.41, 5.74) is 1.39. The van der Waals surface area contributed by atoms with Crippen molar-refractivity contribution in [2.75, 3.05) is 13.2 Å². The molecule has 2 aromatic rings. The van der Waals surface area contributed by atoms with Crippen molar-refractivity contribution >= 4 is 11.8 Å². The molecule has 1 fully saturated rings. The van der Waals surface area contributed by atoms with E-state index in [0.717, 1.165) is 18.4 Å². The number of nitrogens with one attached hydrogen (secondary N) is 2. The van der Waals surface area contributed by atoms with E-state index in [0.29, 0.717) is 32.4 Å². The molecule has 2 N–H and O–H groups in total. The number of hydrogen-bond acceptors (Lipinski definition) is 6. The van der Waals surface area contributed by atoms with Crippen molar-refractivity contribution in [3.05, 3.63) is 48.1 Å². The van der Waals surface area contributed by atoms with E-state index in [2.05, 4.69) is 20.8 Å². The van der Waals surface area contributed by atoms with Gasteiger partial charge >= 0.3 is 0 Å². The maximum atomic E-state index is 12.6. The van der Waals surface area contributed by atoms with Gasteiger partial charge in [0.05, 0.1) is 12.1 Å². The zero-order chi connectivity index (χ0) is 20.5. The van der Waals surface area contributed by atoms with Crippen molar-refractivity contribution in [1.82, 2.24) is 20.8 Å². The van der Waals surface area contributed by atoms with Gasteiger partial charge in [-0.05, 0) is 49.8 Å². The molecule has 29 heavy (non-hydrogen) atoms. The molecule has 8 heteroatoms. The van der Waals surface area contributed by atoms with Crippen LogP contribution in [0.4, 0.5) is 0 Å². The lowest BCUT2D eigenvalue weighted by Gasteiger charge is -2.35. The number of aromatic nitrogens is 2. The average Bonchev–Trinajstić information content (AvgIpc) is 3.29. The lowest BCUT2D eigenvalue weighted by atomic mass is 9.83. The third-order valence-corrected chi connectivity index (χ3v) is 5.15. The summed E-state index contributed by atoms with van der Waals surface area (Å²) >= 11 is 0. The molecular formula is C21H28N4O4. The van der Waals surface area contributed by atoms with Crippen molar-refractivity contribution < 1.29 is 18.8 Å². The second-order valence-corrected chi connectivity index (χ2v) is 7.28. The number of carbonyl (C=O) groups excluding carboxylic acids is 2. The number of hydrogen-bond donors (Lipinski definition) is 2. The molecule has 0 bridgehead atoms. The maximum Gasteiger partial charge on any atom is 0.273 e. The normalized spacial score (nSPS) is 21.5. The zero-order valence-electron chi connectivity index (χ0n) is 16.7. The van der Waals surface area contributed by atoms with Crippen LogP contribution in [0.2, 0.25) is 0 Å². The van der Waals surface area contributed by atoms with Gasteiger partial charge in [-0.15, -0.1) is 0 Å². The predicted molar refractivity (Wildman–Crippen MR) is 106 cm³/mol. The van der Waals surface area contributed by atoms with E-state index in [-0.39, 0.29) is 35.6 Å². The summed E-state index contributed by atoms with van der Waals surface area (Å²) < 4.78 is 10.7. The highest BCUT2D eigenvalue weighted by atomic mass is 16.5. The summed E-state index contributed by atoms with van der Waals surface area (Å²) in [6, 6.07) is 5.28. The molecule has 3 atom stereocenters. The Morgan fingerprint density at radius 1 is 1.24 bits per heavy atom. The van der Waals surface area contributed by atoms with Crippen LogP contribution in [0.25, 0.3) is 0 Å². The molecule has 0 aromatic carbocycles. The summed E-state index contributed by atoms with van der Waals surface area (Å²) in [5, 5.41) is 9.69. The van der Waals surface area contributed by atoms with Crippen LogP contribution in [0.3, 0.4) is 0 Å². The first kappa shape index (κ1) is 21.0. The Kier molecular flexibility index (Phi) is 7.75. The third kappa shape index (κ3) is 6.12. The topological polar surface area (TPSA) is 106 Å². The molecule has 156 valence electrons. The fourth-order valence-corrected chi connectivity index (χ4v) is 3.58. The molecule has 2 amide bonds. The van der Waals surface area contributed by atoms with Crippen molar-refractivity contribution in [2.24, 2.45) is 5.92 Å². The van der Waals surface area contributed by atoms with E-state index in [4.69, 9.17) is 9.26 Å². The molecule has 8 nitrogen and oxygen atoms in total. The molecule has 0 saturated heterocycles. The van der Waals surface area contributed by atoms with E-state index in [1.807, 2.05) is 19.1 Å². The van der Waals surface area contributed by atoms with Gasteiger partial charge in [-0.2, -0.15) is 0 Å². The van der Waals surface area contributed by atoms with Crippen molar-refractivity contribution in [2.45, 2.75) is 51.2 Å². The second kappa shape index (κ2) is 10.7. The van der Waals surface area contributed by atoms with Gasteiger partial charge in [0.15, 0.2) is 5.69 Å². The van der Waals surface area contributed by atoms with Gasteiger partial charge in [-0.3, -0.25) is 14.6 Å². The maximum absolute atomic E-state index is 12.6. The highest BCUT2D eigenvalue weighted by Crippen LogP contribution is 2.27. The molecule has 1 aliphatic carbocycles. The second-order valence-electron chi connectivity index (χ2n) is 7.28. The van der Waals surface area contributed by atoms with Crippen LogP contribution in [0.1, 0.15) is 48.7 Å². The van der Waals surface area contributed by atoms with Gasteiger partial charge in [-0.25, -0.2) is 0 Å². The Hall–Kier alpha value is -2.74. The standard InChI is InChI=1S/C21H28N4O4/c1-2-12-28-19-14-16(20(26)23-11-7-15-5-9-22-10-6-15)3-4-17(19)24-21(27)18-8-13-29-25-18/h5-6,8-10,13,16-17,19H,2-4,7,11-12,14H2,1H3,(H,23,26)(H,24,27)/t16-,17-,19-/m0/s1. The summed E-state index contributed by atoms with van der Waals surface area (Å²) in [7, 11) is 0. The number of nitrogens with zero attached hydrogens (tertiary/aromatic N) is 2. The van der Waals surface area contributed by atoms with Gasteiger partial charge < -0.3 is 19.9 Å². The highest BCUT2D eigenvalue weighted by Gasteiger charge is 2.35. The lowest BCUT2D eigenvalue weighted by molar-refractivity contribution is -0.128. The SMILES string of the molecule is CCCO[C@H]1C[C@@H](C(=O)NCCc2ccncc2)CC[C@@H]1NC(=O)c1ccon1. The van der Waals surface area contributed by atoms with Crippen LogP contribution < -0.4 is 10.6 Å². The summed E-state index contributed by atoms with van der Waals surface area (Å²) in [5.74, 6) is -0.353. The van der Waals surface area contributed by atoms with Crippen molar-refractivity contribution in [3.8, 4) is 0 Å². The average molecular weight is 400 g/mol. The van der Waals surface area contributed by atoms with Crippen LogP contribution >= 0.6 is 0 Å². The number of rotatable bonds is 9. The molecular weight excluding hydrogens is 372 g/mol. The minimum Gasteiger partial charge on any atom is -0.376 e. The fraction of sp³-hybridized carbons (Fsp3) is 0.524. The molecule has 0 aliphatic heterocycles. The smallest absolute Gasteiger partial charge is 0.273 e. The first-order valence-electron chi connectivity index (χ1n) is 10.2. The first-order valence-corrected chi connectivity index (χ1v) is 10.2. The largest absolute Gasteiger partial charge is 0.376 e. The van der Waals surface area contributed by atoms with Gasteiger partial charge in [0, 0.05) is 37.5 Å². The van der Waals surface area contributed by atoms with Crippen LogP contribution in [-0.4, -0.2) is 47.3 Å². The Bertz CT molecular complexity index is 766. The number of ether oxygens (including phenoxy) is 1. The van der Waals surface area contributed by atoms with Gasteiger partial charge in [-0.1, -0.05) is 12.1 Å². The van der Waals surface area contributed by atoms with Crippen LogP contribution in [0, 0.1) is 5.92 Å².